The number of para-hydroxylation sites is 1. The van der Waals surface area contributed by atoms with Gasteiger partial charge < -0.3 is 14.4 Å². The average Bonchev–Trinajstić information content (AvgIpc) is 2.71. The number of hydrogen-bond acceptors (Lipinski definition) is 4. The van der Waals surface area contributed by atoms with Crippen LogP contribution < -0.4 is 4.74 Å². The Kier molecular flexibility index (Phi) is 7.61. The Labute approximate surface area is 187 Å². The molecule has 3 rings (SSSR count). The standard InChI is InChI=1S/C22H24F6N2O3/c1-15-11-16(13-18(12-15)32-17-5-3-2-4-6-17)14-29-7-9-30(10-8-29)20(31)33-19(21(23,24)25)22(26,27)28/h2-6,11,13,15,19H,7-10,12,14H2,1H3/t15-/m1/s1. The van der Waals surface area contributed by atoms with Crippen LogP contribution in [0.15, 0.2) is 53.8 Å². The number of piperazine rings is 1. The fourth-order valence-corrected chi connectivity index (χ4v) is 3.71. The molecule has 0 saturated carbocycles. The van der Waals surface area contributed by atoms with Gasteiger partial charge in [0.25, 0.3) is 6.10 Å². The largest absolute Gasteiger partial charge is 0.462 e. The average molecular weight is 478 g/mol. The summed E-state index contributed by atoms with van der Waals surface area (Å²) in [5, 5.41) is 0. The van der Waals surface area contributed by atoms with Gasteiger partial charge >= 0.3 is 18.4 Å². The van der Waals surface area contributed by atoms with Gasteiger partial charge in [-0.25, -0.2) is 4.79 Å². The minimum absolute atomic E-state index is 0.0405. The second kappa shape index (κ2) is 10.1. The summed E-state index contributed by atoms with van der Waals surface area (Å²) < 4.78 is 85.4. The van der Waals surface area contributed by atoms with Crippen LogP contribution in [0.25, 0.3) is 0 Å². The number of nitrogens with zero attached hydrogens (tertiary/aromatic N) is 2. The molecule has 0 aromatic heterocycles. The lowest BCUT2D eigenvalue weighted by atomic mass is 9.96. The fourth-order valence-electron chi connectivity index (χ4n) is 3.71. The highest BCUT2D eigenvalue weighted by Crippen LogP contribution is 2.36. The van der Waals surface area contributed by atoms with Crippen molar-refractivity contribution in [2.24, 2.45) is 5.92 Å². The molecule has 2 aliphatic rings. The van der Waals surface area contributed by atoms with Crippen molar-refractivity contribution in [2.45, 2.75) is 31.8 Å². The summed E-state index contributed by atoms with van der Waals surface area (Å²) in [6.45, 7) is 3.05. The first kappa shape index (κ1) is 24.9. The van der Waals surface area contributed by atoms with Crippen LogP contribution in [0.1, 0.15) is 13.3 Å². The molecule has 1 fully saturated rings. The number of rotatable bonds is 5. The summed E-state index contributed by atoms with van der Waals surface area (Å²) in [6.07, 6.45) is -12.5. The van der Waals surface area contributed by atoms with Crippen LogP contribution in [-0.2, 0) is 4.74 Å². The van der Waals surface area contributed by atoms with Gasteiger partial charge in [-0.15, -0.1) is 0 Å². The third-order valence-corrected chi connectivity index (χ3v) is 5.21. The van der Waals surface area contributed by atoms with Gasteiger partial charge in [-0.05, 0) is 29.7 Å². The lowest BCUT2D eigenvalue weighted by Crippen LogP contribution is -2.53. The number of carbonyl (C=O) groups is 1. The lowest BCUT2D eigenvalue weighted by molar-refractivity contribution is -0.308. The van der Waals surface area contributed by atoms with Gasteiger partial charge in [-0.3, -0.25) is 4.90 Å². The number of alkyl halides is 6. The monoisotopic (exact) mass is 478 g/mol. The van der Waals surface area contributed by atoms with E-state index in [1.54, 1.807) is 0 Å². The van der Waals surface area contributed by atoms with Crippen molar-refractivity contribution >= 4 is 6.09 Å². The number of halogens is 6. The van der Waals surface area contributed by atoms with Gasteiger partial charge in [0, 0.05) is 39.1 Å². The molecule has 0 radical (unpaired) electrons. The summed E-state index contributed by atoms with van der Waals surface area (Å²) in [4.78, 5) is 14.7. The number of amides is 1. The van der Waals surface area contributed by atoms with Gasteiger partial charge in [-0.1, -0.05) is 31.2 Å². The van der Waals surface area contributed by atoms with Crippen LogP contribution in [0, 0.1) is 5.92 Å². The predicted molar refractivity (Wildman–Crippen MR) is 107 cm³/mol. The number of benzene rings is 1. The minimum atomic E-state index is -5.73. The van der Waals surface area contributed by atoms with Gasteiger partial charge in [0.05, 0.1) is 0 Å². The van der Waals surface area contributed by atoms with Crippen molar-refractivity contribution in [3.63, 3.8) is 0 Å². The third-order valence-electron chi connectivity index (χ3n) is 5.21. The number of allylic oxidation sites excluding steroid dienone is 2. The normalized spacial score (nSPS) is 20.4. The zero-order valence-electron chi connectivity index (χ0n) is 17.8. The quantitative estimate of drug-likeness (QED) is 0.549. The Hall–Kier alpha value is -2.69. The topological polar surface area (TPSA) is 42.0 Å². The summed E-state index contributed by atoms with van der Waals surface area (Å²) in [5.41, 5.74) is 0.991. The molecule has 1 amide bonds. The zero-order chi connectivity index (χ0) is 24.2. The third kappa shape index (κ3) is 7.15. The predicted octanol–water partition coefficient (Wildman–Crippen LogP) is 5.16. The summed E-state index contributed by atoms with van der Waals surface area (Å²) in [5.74, 6) is 1.76. The molecule has 1 atom stereocenters. The van der Waals surface area contributed by atoms with Crippen LogP contribution in [0.5, 0.6) is 5.75 Å². The van der Waals surface area contributed by atoms with E-state index in [1.807, 2.05) is 48.2 Å². The van der Waals surface area contributed by atoms with E-state index in [2.05, 4.69) is 10.8 Å². The van der Waals surface area contributed by atoms with Gasteiger partial charge in [0.15, 0.2) is 0 Å². The smallest absolute Gasteiger partial charge is 0.434 e. The summed E-state index contributed by atoms with van der Waals surface area (Å²) in [6, 6.07) is 9.33. The number of hydrogen-bond donors (Lipinski definition) is 0. The van der Waals surface area contributed by atoms with E-state index in [0.29, 0.717) is 6.54 Å². The molecule has 1 saturated heterocycles. The molecule has 0 unspecified atom stereocenters. The van der Waals surface area contributed by atoms with Gasteiger partial charge in [-0.2, -0.15) is 26.3 Å². The minimum Gasteiger partial charge on any atom is -0.462 e. The van der Waals surface area contributed by atoms with Crippen molar-refractivity contribution in [3.05, 3.63) is 53.8 Å². The Morgan fingerprint density at radius 2 is 1.64 bits per heavy atom. The van der Waals surface area contributed by atoms with Crippen LogP contribution in [-0.4, -0.2) is 67.1 Å². The molecule has 0 bridgehead atoms. The van der Waals surface area contributed by atoms with Gasteiger partial charge in [0.1, 0.15) is 11.5 Å². The van der Waals surface area contributed by atoms with Crippen LogP contribution >= 0.6 is 0 Å². The van der Waals surface area contributed by atoms with Crippen molar-refractivity contribution in [1.82, 2.24) is 9.80 Å². The molecule has 11 heteroatoms. The van der Waals surface area contributed by atoms with Crippen molar-refractivity contribution in [3.8, 4) is 5.75 Å². The maximum absolute atomic E-state index is 12.6. The molecule has 1 aromatic rings. The highest BCUT2D eigenvalue weighted by molar-refractivity contribution is 5.68. The number of carbonyl (C=O) groups excluding carboxylic acids is 1. The van der Waals surface area contributed by atoms with E-state index in [4.69, 9.17) is 4.74 Å². The molecule has 0 spiro atoms. The second-order valence-corrected chi connectivity index (χ2v) is 8.06. The highest BCUT2D eigenvalue weighted by atomic mass is 19.4. The van der Waals surface area contributed by atoms with E-state index in [0.717, 1.165) is 28.4 Å². The molecule has 33 heavy (non-hydrogen) atoms. The van der Waals surface area contributed by atoms with Crippen LogP contribution in [0.3, 0.4) is 0 Å². The van der Waals surface area contributed by atoms with E-state index in [1.165, 1.54) is 0 Å². The van der Waals surface area contributed by atoms with Crippen LogP contribution in [0.2, 0.25) is 0 Å². The first-order valence-corrected chi connectivity index (χ1v) is 10.4. The second-order valence-electron chi connectivity index (χ2n) is 8.06. The Morgan fingerprint density at radius 3 is 2.21 bits per heavy atom. The molecule has 182 valence electrons. The maximum Gasteiger partial charge on any atom is 0.434 e. The van der Waals surface area contributed by atoms with E-state index < -0.39 is 24.5 Å². The lowest BCUT2D eigenvalue weighted by Gasteiger charge is -2.35. The molecule has 1 heterocycles. The van der Waals surface area contributed by atoms with E-state index in [-0.39, 0.29) is 32.1 Å². The Balaban J connectivity index is 1.54. The molecular weight excluding hydrogens is 454 g/mol. The molecule has 1 aliphatic carbocycles. The molecular formula is C22H24F6N2O3. The molecule has 1 aromatic carbocycles. The Bertz CT molecular complexity index is 860. The first-order valence-electron chi connectivity index (χ1n) is 10.4. The van der Waals surface area contributed by atoms with Crippen molar-refractivity contribution in [1.29, 1.82) is 0 Å². The van der Waals surface area contributed by atoms with E-state index in [9.17, 15) is 31.1 Å². The van der Waals surface area contributed by atoms with Crippen molar-refractivity contribution < 1.29 is 40.6 Å². The molecule has 1 aliphatic heterocycles. The first-order chi connectivity index (χ1) is 15.4. The molecule has 5 nitrogen and oxygen atoms in total. The van der Waals surface area contributed by atoms with E-state index >= 15 is 0 Å². The zero-order valence-corrected chi connectivity index (χ0v) is 17.8. The Morgan fingerprint density at radius 1 is 1.03 bits per heavy atom. The van der Waals surface area contributed by atoms with Gasteiger partial charge in [0.2, 0.25) is 0 Å². The highest BCUT2D eigenvalue weighted by Gasteiger charge is 2.60. The van der Waals surface area contributed by atoms with Crippen molar-refractivity contribution in [2.75, 3.05) is 32.7 Å². The number of ether oxygens (including phenoxy) is 2. The molecule has 0 N–H and O–H groups in total. The summed E-state index contributed by atoms with van der Waals surface area (Å²) in [7, 11) is 0. The van der Waals surface area contributed by atoms with Crippen LogP contribution in [0.4, 0.5) is 31.1 Å². The SMILES string of the molecule is C[C@@H]1C=C(CN2CCN(C(=O)OC(C(F)(F)F)C(F)(F)F)CC2)C=C(Oc2ccccc2)C1. The maximum atomic E-state index is 12.6. The fraction of sp³-hybridized carbons (Fsp3) is 0.500. The summed E-state index contributed by atoms with van der Waals surface area (Å²) >= 11 is 0.